The Bertz CT molecular complexity index is 376. The highest BCUT2D eigenvalue weighted by Gasteiger charge is 2.44. The van der Waals surface area contributed by atoms with Gasteiger partial charge in [0.1, 0.15) is 6.54 Å². The third kappa shape index (κ3) is 5.21. The zero-order valence-electron chi connectivity index (χ0n) is 12.2. The Kier molecular flexibility index (Phi) is 6.04. The van der Waals surface area contributed by atoms with Crippen molar-refractivity contribution in [2.24, 2.45) is 5.41 Å². The molecule has 1 amide bonds. The standard InChI is InChI=1S/C14H22F3NO3/c1-2-3-8-18(10-14(15,16)17)11(19)9-13(12(20)21)6-4-5-7-13/h2-10H2,1H3,(H,20,21). The number of unbranched alkanes of at least 4 members (excludes halogenated alkanes) is 1. The molecule has 4 nitrogen and oxygen atoms in total. The molecule has 1 rings (SSSR count). The molecule has 1 N–H and O–H groups in total. The summed E-state index contributed by atoms with van der Waals surface area (Å²) in [5.41, 5.74) is -1.17. The van der Waals surface area contributed by atoms with E-state index in [2.05, 4.69) is 0 Å². The quantitative estimate of drug-likeness (QED) is 0.785. The molecule has 1 aliphatic carbocycles. The van der Waals surface area contributed by atoms with Crippen molar-refractivity contribution in [3.63, 3.8) is 0 Å². The number of amides is 1. The summed E-state index contributed by atoms with van der Waals surface area (Å²) in [4.78, 5) is 24.3. The number of halogens is 3. The van der Waals surface area contributed by atoms with E-state index in [0.717, 1.165) is 4.90 Å². The summed E-state index contributed by atoms with van der Waals surface area (Å²) in [5, 5.41) is 9.31. The number of alkyl halides is 3. The number of carboxylic acids is 1. The van der Waals surface area contributed by atoms with Crippen LogP contribution in [0.5, 0.6) is 0 Å². The van der Waals surface area contributed by atoms with E-state index in [1.54, 1.807) is 0 Å². The Labute approximate surface area is 122 Å². The molecule has 0 atom stereocenters. The van der Waals surface area contributed by atoms with Gasteiger partial charge in [-0.15, -0.1) is 0 Å². The lowest BCUT2D eigenvalue weighted by atomic mass is 9.82. The van der Waals surface area contributed by atoms with Gasteiger partial charge >= 0.3 is 12.1 Å². The normalized spacial score (nSPS) is 17.7. The predicted molar refractivity (Wildman–Crippen MR) is 70.7 cm³/mol. The van der Waals surface area contributed by atoms with E-state index in [4.69, 9.17) is 0 Å². The van der Waals surface area contributed by atoms with Gasteiger partial charge < -0.3 is 10.0 Å². The van der Waals surface area contributed by atoms with Gasteiger partial charge in [0.25, 0.3) is 0 Å². The smallest absolute Gasteiger partial charge is 0.406 e. The first-order valence-electron chi connectivity index (χ1n) is 7.28. The molecule has 0 aromatic rings. The number of hydrogen-bond acceptors (Lipinski definition) is 2. The molecular formula is C14H22F3NO3. The molecule has 0 radical (unpaired) electrons. The second-order valence-corrected chi connectivity index (χ2v) is 5.75. The van der Waals surface area contributed by atoms with Crippen LogP contribution in [-0.2, 0) is 9.59 Å². The Morgan fingerprint density at radius 2 is 1.81 bits per heavy atom. The van der Waals surface area contributed by atoms with Crippen LogP contribution in [0.3, 0.4) is 0 Å². The first kappa shape index (κ1) is 17.8. The third-order valence-electron chi connectivity index (χ3n) is 4.01. The summed E-state index contributed by atoms with van der Waals surface area (Å²) in [6.45, 7) is 0.540. The highest BCUT2D eigenvalue weighted by molar-refractivity contribution is 5.85. The molecule has 1 saturated carbocycles. The number of carbonyl (C=O) groups is 2. The van der Waals surface area contributed by atoms with Crippen molar-refractivity contribution < 1.29 is 27.9 Å². The minimum atomic E-state index is -4.46. The Morgan fingerprint density at radius 3 is 2.24 bits per heavy atom. The number of hydrogen-bond donors (Lipinski definition) is 1. The number of rotatable bonds is 7. The predicted octanol–water partition coefficient (Wildman–Crippen LogP) is 3.21. The fourth-order valence-electron chi connectivity index (χ4n) is 2.78. The van der Waals surface area contributed by atoms with E-state index in [9.17, 15) is 27.9 Å². The first-order chi connectivity index (χ1) is 9.70. The van der Waals surface area contributed by atoms with E-state index >= 15 is 0 Å². The van der Waals surface area contributed by atoms with Crippen molar-refractivity contribution >= 4 is 11.9 Å². The molecule has 0 aromatic heterocycles. The van der Waals surface area contributed by atoms with Crippen LogP contribution in [0.25, 0.3) is 0 Å². The highest BCUT2D eigenvalue weighted by Crippen LogP contribution is 2.42. The van der Waals surface area contributed by atoms with Crippen LogP contribution in [0.1, 0.15) is 51.9 Å². The second-order valence-electron chi connectivity index (χ2n) is 5.75. The summed E-state index contributed by atoms with van der Waals surface area (Å²) in [5.74, 6) is -1.78. The minimum absolute atomic E-state index is 0.0184. The number of carboxylic acid groups (broad SMARTS) is 1. The lowest BCUT2D eigenvalue weighted by molar-refractivity contribution is -0.165. The summed E-state index contributed by atoms with van der Waals surface area (Å²) >= 11 is 0. The molecule has 0 heterocycles. The fourth-order valence-corrected chi connectivity index (χ4v) is 2.78. The molecule has 1 fully saturated rings. The van der Waals surface area contributed by atoms with Gasteiger partial charge in [-0.3, -0.25) is 9.59 Å². The maximum absolute atomic E-state index is 12.6. The van der Waals surface area contributed by atoms with Crippen molar-refractivity contribution in [3.8, 4) is 0 Å². The van der Waals surface area contributed by atoms with Crippen molar-refractivity contribution in [2.45, 2.75) is 58.0 Å². The average molecular weight is 309 g/mol. The van der Waals surface area contributed by atoms with Crippen molar-refractivity contribution in [3.05, 3.63) is 0 Å². The molecule has 7 heteroatoms. The van der Waals surface area contributed by atoms with E-state index < -0.39 is 30.0 Å². The van der Waals surface area contributed by atoms with Crippen molar-refractivity contribution in [1.82, 2.24) is 4.90 Å². The molecule has 21 heavy (non-hydrogen) atoms. The molecule has 0 saturated heterocycles. The Balaban J connectivity index is 2.77. The molecular weight excluding hydrogens is 287 g/mol. The SMILES string of the molecule is CCCCN(CC(F)(F)F)C(=O)CC1(C(=O)O)CCCC1. The van der Waals surface area contributed by atoms with Gasteiger partial charge in [-0.05, 0) is 19.3 Å². The van der Waals surface area contributed by atoms with E-state index in [1.807, 2.05) is 6.92 Å². The Morgan fingerprint density at radius 1 is 1.24 bits per heavy atom. The van der Waals surface area contributed by atoms with E-state index in [-0.39, 0.29) is 13.0 Å². The van der Waals surface area contributed by atoms with Gasteiger partial charge in [0, 0.05) is 13.0 Å². The lowest BCUT2D eigenvalue weighted by Gasteiger charge is -2.29. The maximum Gasteiger partial charge on any atom is 0.406 e. The monoisotopic (exact) mass is 309 g/mol. The van der Waals surface area contributed by atoms with Gasteiger partial charge in [-0.1, -0.05) is 26.2 Å². The van der Waals surface area contributed by atoms with Crippen LogP contribution >= 0.6 is 0 Å². The molecule has 1 aliphatic rings. The van der Waals surface area contributed by atoms with Crippen LogP contribution in [0.2, 0.25) is 0 Å². The second kappa shape index (κ2) is 7.13. The van der Waals surface area contributed by atoms with Crippen LogP contribution in [-0.4, -0.2) is 41.1 Å². The van der Waals surface area contributed by atoms with Crippen LogP contribution in [0, 0.1) is 5.41 Å². The zero-order valence-corrected chi connectivity index (χ0v) is 12.2. The van der Waals surface area contributed by atoms with Crippen LogP contribution < -0.4 is 0 Å². The molecule has 0 aliphatic heterocycles. The topological polar surface area (TPSA) is 57.6 Å². The van der Waals surface area contributed by atoms with Gasteiger partial charge in [-0.2, -0.15) is 13.2 Å². The van der Waals surface area contributed by atoms with Crippen molar-refractivity contribution in [2.75, 3.05) is 13.1 Å². The number of nitrogens with zero attached hydrogens (tertiary/aromatic N) is 1. The van der Waals surface area contributed by atoms with Gasteiger partial charge in [0.2, 0.25) is 5.91 Å². The molecule has 0 aromatic carbocycles. The van der Waals surface area contributed by atoms with Crippen molar-refractivity contribution in [1.29, 1.82) is 0 Å². The average Bonchev–Trinajstić information content (AvgIpc) is 2.82. The summed E-state index contributed by atoms with van der Waals surface area (Å²) in [6.07, 6.45) is -1.52. The summed E-state index contributed by atoms with van der Waals surface area (Å²) < 4.78 is 37.7. The number of aliphatic carboxylic acids is 1. The van der Waals surface area contributed by atoms with E-state index in [1.165, 1.54) is 0 Å². The Hall–Kier alpha value is -1.27. The van der Waals surface area contributed by atoms with Gasteiger partial charge in [0.05, 0.1) is 5.41 Å². The largest absolute Gasteiger partial charge is 0.481 e. The van der Waals surface area contributed by atoms with Crippen LogP contribution in [0.15, 0.2) is 0 Å². The fraction of sp³-hybridized carbons (Fsp3) is 0.857. The summed E-state index contributed by atoms with van der Waals surface area (Å²) in [6, 6.07) is 0. The molecule has 0 unspecified atom stereocenters. The lowest BCUT2D eigenvalue weighted by Crippen LogP contribution is -2.43. The third-order valence-corrected chi connectivity index (χ3v) is 4.01. The highest BCUT2D eigenvalue weighted by atomic mass is 19.4. The zero-order chi connectivity index (χ0) is 16.1. The molecule has 0 bridgehead atoms. The van der Waals surface area contributed by atoms with Crippen LogP contribution in [0.4, 0.5) is 13.2 Å². The van der Waals surface area contributed by atoms with Gasteiger partial charge in [-0.25, -0.2) is 0 Å². The minimum Gasteiger partial charge on any atom is -0.481 e. The maximum atomic E-state index is 12.6. The molecule has 0 spiro atoms. The summed E-state index contributed by atoms with van der Waals surface area (Å²) in [7, 11) is 0. The first-order valence-corrected chi connectivity index (χ1v) is 7.28. The number of carbonyl (C=O) groups excluding carboxylic acids is 1. The van der Waals surface area contributed by atoms with E-state index in [0.29, 0.717) is 38.5 Å². The molecule has 122 valence electrons. The van der Waals surface area contributed by atoms with Gasteiger partial charge in [0.15, 0.2) is 0 Å².